The Morgan fingerprint density at radius 1 is 1.48 bits per heavy atom. The molecule has 1 heterocycles. The molecule has 0 spiro atoms. The first-order valence-corrected chi connectivity index (χ1v) is 7.62. The highest BCUT2D eigenvalue weighted by Crippen LogP contribution is 2.20. The van der Waals surface area contributed by atoms with Crippen molar-refractivity contribution in [3.8, 4) is 6.07 Å². The number of hydrogen-bond acceptors (Lipinski definition) is 4. The van der Waals surface area contributed by atoms with Gasteiger partial charge in [-0.25, -0.2) is 9.37 Å². The van der Waals surface area contributed by atoms with Crippen molar-refractivity contribution in [1.29, 1.82) is 5.26 Å². The molecule has 6 nitrogen and oxygen atoms in total. The summed E-state index contributed by atoms with van der Waals surface area (Å²) in [5.41, 5.74) is -0.112. The lowest BCUT2D eigenvalue weighted by Crippen LogP contribution is -2.14. The minimum atomic E-state index is -3.97. The van der Waals surface area contributed by atoms with Crippen molar-refractivity contribution in [2.75, 3.05) is 4.72 Å². The molecule has 0 amide bonds. The Morgan fingerprint density at radius 3 is 2.71 bits per heavy atom. The predicted octanol–water partition coefficient (Wildman–Crippen LogP) is 2.02. The van der Waals surface area contributed by atoms with Crippen molar-refractivity contribution in [2.24, 2.45) is 0 Å². The molecule has 0 radical (unpaired) electrons. The second kappa shape index (κ2) is 5.54. The molecule has 1 N–H and O–H groups in total. The Morgan fingerprint density at radius 2 is 2.19 bits per heavy atom. The average molecular weight is 308 g/mol. The van der Waals surface area contributed by atoms with Gasteiger partial charge in [-0.2, -0.15) is 13.7 Å². The van der Waals surface area contributed by atoms with Crippen LogP contribution in [-0.2, 0) is 16.6 Å². The maximum absolute atomic E-state index is 13.7. The molecule has 2 rings (SSSR count). The number of rotatable bonds is 4. The molecule has 0 aliphatic rings. The smallest absolute Gasteiger partial charge is 0.281 e. The third kappa shape index (κ3) is 3.03. The summed E-state index contributed by atoms with van der Waals surface area (Å²) in [7, 11) is -3.97. The van der Waals surface area contributed by atoms with E-state index in [1.54, 1.807) is 17.6 Å². The maximum atomic E-state index is 13.7. The number of nitrogens with zero attached hydrogens (tertiary/aromatic N) is 3. The van der Waals surface area contributed by atoms with E-state index in [1.807, 2.05) is 6.92 Å². The predicted molar refractivity (Wildman–Crippen MR) is 74.6 cm³/mol. The van der Waals surface area contributed by atoms with Crippen LogP contribution in [0.1, 0.15) is 18.3 Å². The minimum absolute atomic E-state index is 0.113. The molecule has 8 heteroatoms. The fraction of sp³-hybridized carbons (Fsp3) is 0.231. The molecule has 0 aliphatic carbocycles. The van der Waals surface area contributed by atoms with E-state index in [0.717, 1.165) is 6.07 Å². The quantitative estimate of drug-likeness (QED) is 0.936. The number of aryl methyl sites for hydroxylation is 2. The van der Waals surface area contributed by atoms with Gasteiger partial charge in [0.05, 0.1) is 17.3 Å². The first kappa shape index (κ1) is 15.0. The Balaban J connectivity index is 2.35. The van der Waals surface area contributed by atoms with Gasteiger partial charge in [-0.15, -0.1) is 0 Å². The zero-order valence-corrected chi connectivity index (χ0v) is 12.3. The standard InChI is InChI=1S/C13H13FN4O2S/c1-3-18-8-13(16-9(18)2)21(19,20)17-12-5-4-10(7-15)6-11(12)14/h4-6,8,17H,3H2,1-2H3. The highest BCUT2D eigenvalue weighted by molar-refractivity contribution is 7.92. The fourth-order valence-electron chi connectivity index (χ4n) is 1.79. The van der Waals surface area contributed by atoms with Gasteiger partial charge in [-0.05, 0) is 32.0 Å². The van der Waals surface area contributed by atoms with E-state index in [1.165, 1.54) is 18.3 Å². The second-order valence-corrected chi connectivity index (χ2v) is 5.95. The number of anilines is 1. The molecular weight excluding hydrogens is 295 g/mol. The van der Waals surface area contributed by atoms with Gasteiger partial charge in [-0.3, -0.25) is 4.72 Å². The zero-order valence-electron chi connectivity index (χ0n) is 11.5. The van der Waals surface area contributed by atoms with Crippen LogP contribution in [0.15, 0.2) is 29.4 Å². The third-order valence-electron chi connectivity index (χ3n) is 2.91. The van der Waals surface area contributed by atoms with Crippen LogP contribution >= 0.6 is 0 Å². The summed E-state index contributed by atoms with van der Waals surface area (Å²) >= 11 is 0. The average Bonchev–Trinajstić information content (AvgIpc) is 2.83. The number of sulfonamides is 1. The van der Waals surface area contributed by atoms with Crippen molar-refractivity contribution in [3.05, 3.63) is 41.6 Å². The molecule has 1 aromatic heterocycles. The van der Waals surface area contributed by atoms with Crippen LogP contribution in [0.3, 0.4) is 0 Å². The topological polar surface area (TPSA) is 87.8 Å². The Hall–Kier alpha value is -2.40. The molecule has 2 aromatic rings. The van der Waals surface area contributed by atoms with Crippen LogP contribution in [0, 0.1) is 24.1 Å². The van der Waals surface area contributed by atoms with Crippen molar-refractivity contribution >= 4 is 15.7 Å². The monoisotopic (exact) mass is 308 g/mol. The van der Waals surface area contributed by atoms with Crippen molar-refractivity contribution in [1.82, 2.24) is 9.55 Å². The number of nitriles is 1. The number of imidazole rings is 1. The summed E-state index contributed by atoms with van der Waals surface area (Å²) in [6.07, 6.45) is 1.39. The molecule has 0 bridgehead atoms. The Kier molecular flexibility index (Phi) is 3.95. The largest absolute Gasteiger partial charge is 0.334 e. The summed E-state index contributed by atoms with van der Waals surface area (Å²) in [6, 6.07) is 5.27. The molecule has 21 heavy (non-hydrogen) atoms. The van der Waals surface area contributed by atoms with Crippen LogP contribution < -0.4 is 4.72 Å². The molecule has 0 atom stereocenters. The second-order valence-electron chi connectivity index (χ2n) is 4.32. The molecule has 110 valence electrons. The van der Waals surface area contributed by atoms with Gasteiger partial charge in [0, 0.05) is 12.7 Å². The fourth-order valence-corrected chi connectivity index (χ4v) is 2.87. The molecular formula is C13H13FN4O2S. The summed E-state index contributed by atoms with van der Waals surface area (Å²) in [4.78, 5) is 3.95. The molecule has 0 saturated heterocycles. The van der Waals surface area contributed by atoms with Crippen LogP contribution in [0.4, 0.5) is 10.1 Å². The van der Waals surface area contributed by atoms with Gasteiger partial charge in [0.1, 0.15) is 11.6 Å². The number of nitrogens with one attached hydrogen (secondary N) is 1. The molecule has 0 unspecified atom stereocenters. The van der Waals surface area contributed by atoms with E-state index in [9.17, 15) is 12.8 Å². The van der Waals surface area contributed by atoms with E-state index >= 15 is 0 Å². The van der Waals surface area contributed by atoms with Gasteiger partial charge in [0.15, 0.2) is 5.03 Å². The van der Waals surface area contributed by atoms with Crippen LogP contribution in [0.5, 0.6) is 0 Å². The normalized spacial score (nSPS) is 11.1. The lowest BCUT2D eigenvalue weighted by molar-refractivity contribution is 0.595. The molecule has 0 fully saturated rings. The SMILES string of the molecule is CCn1cc(S(=O)(=O)Nc2ccc(C#N)cc2F)nc1C. The summed E-state index contributed by atoms with van der Waals surface area (Å²) in [5.74, 6) is -0.262. The third-order valence-corrected chi connectivity index (χ3v) is 4.15. The van der Waals surface area contributed by atoms with Crippen LogP contribution in [-0.4, -0.2) is 18.0 Å². The number of benzene rings is 1. The number of halogens is 1. The lowest BCUT2D eigenvalue weighted by atomic mass is 10.2. The van der Waals surface area contributed by atoms with Gasteiger partial charge < -0.3 is 4.57 Å². The first-order chi connectivity index (χ1) is 9.87. The van der Waals surface area contributed by atoms with E-state index in [2.05, 4.69) is 9.71 Å². The van der Waals surface area contributed by atoms with Crippen molar-refractivity contribution in [2.45, 2.75) is 25.4 Å². The van der Waals surface area contributed by atoms with Crippen LogP contribution in [0.2, 0.25) is 0 Å². The van der Waals surface area contributed by atoms with Crippen molar-refractivity contribution in [3.63, 3.8) is 0 Å². The summed E-state index contributed by atoms with van der Waals surface area (Å²) < 4.78 is 41.9. The van der Waals surface area contributed by atoms with Crippen molar-refractivity contribution < 1.29 is 12.8 Å². The van der Waals surface area contributed by atoms with E-state index in [-0.39, 0.29) is 16.3 Å². The van der Waals surface area contributed by atoms with Gasteiger partial charge >= 0.3 is 0 Å². The summed E-state index contributed by atoms with van der Waals surface area (Å²) in [5, 5.41) is 8.48. The molecule has 0 aliphatic heterocycles. The number of aromatic nitrogens is 2. The first-order valence-electron chi connectivity index (χ1n) is 6.13. The number of hydrogen-bond donors (Lipinski definition) is 1. The Bertz CT molecular complexity index is 821. The highest BCUT2D eigenvalue weighted by Gasteiger charge is 2.20. The molecule has 1 aromatic carbocycles. The minimum Gasteiger partial charge on any atom is -0.334 e. The lowest BCUT2D eigenvalue weighted by Gasteiger charge is -2.06. The maximum Gasteiger partial charge on any atom is 0.281 e. The van der Waals surface area contributed by atoms with Gasteiger partial charge in [-0.1, -0.05) is 0 Å². The van der Waals surface area contributed by atoms with Gasteiger partial charge in [0.2, 0.25) is 0 Å². The highest BCUT2D eigenvalue weighted by atomic mass is 32.2. The van der Waals surface area contributed by atoms with Crippen LogP contribution in [0.25, 0.3) is 0 Å². The van der Waals surface area contributed by atoms with E-state index < -0.39 is 15.8 Å². The Labute approximate surface area is 121 Å². The summed E-state index contributed by atoms with van der Waals surface area (Å²) in [6.45, 7) is 4.13. The van der Waals surface area contributed by atoms with E-state index in [0.29, 0.717) is 12.4 Å². The van der Waals surface area contributed by atoms with Gasteiger partial charge in [0.25, 0.3) is 10.0 Å². The zero-order chi connectivity index (χ0) is 15.6. The van der Waals surface area contributed by atoms with E-state index in [4.69, 9.17) is 5.26 Å². The molecule has 0 saturated carbocycles.